The lowest BCUT2D eigenvalue weighted by atomic mass is 9.89. The maximum Gasteiger partial charge on any atom is 0.475 e. The van der Waals surface area contributed by atoms with Crippen LogP contribution in [-0.4, -0.2) is 137 Å². The summed E-state index contributed by atoms with van der Waals surface area (Å²) in [6.45, 7) is -0.788. The van der Waals surface area contributed by atoms with Gasteiger partial charge < -0.3 is 65.9 Å². The Morgan fingerprint density at radius 2 is 1.98 bits per heavy atom. The highest BCUT2D eigenvalue weighted by Crippen LogP contribution is 2.51. The van der Waals surface area contributed by atoms with Crippen molar-refractivity contribution in [3.63, 3.8) is 0 Å². The molecule has 2 aliphatic heterocycles. The minimum Gasteiger partial charge on any atom is -0.477 e. The van der Waals surface area contributed by atoms with E-state index in [2.05, 4.69) is 10.3 Å². The second-order valence-corrected chi connectivity index (χ2v) is 10.9. The van der Waals surface area contributed by atoms with E-state index in [0.29, 0.717) is 0 Å². The zero-order valence-electron chi connectivity index (χ0n) is 22.4. The van der Waals surface area contributed by atoms with E-state index < -0.39 is 106 Å². The number of hydrogen-bond donors (Lipinski definition) is 10. The number of nitrogens with zero attached hydrogens (tertiary/aromatic N) is 2. The van der Waals surface area contributed by atoms with Crippen LogP contribution in [0.5, 0.6) is 0 Å². The number of alkyl carbamates (subject to hydrolysis) is 1. The fourth-order valence-corrected chi connectivity index (χ4v) is 5.35. The number of nitrogens with two attached hydrogens (primary N) is 1. The molecule has 21 nitrogen and oxygen atoms in total. The van der Waals surface area contributed by atoms with Gasteiger partial charge in [-0.2, -0.15) is 4.98 Å². The van der Waals surface area contributed by atoms with Crippen LogP contribution in [0, 0.1) is 0 Å². The quantitative estimate of drug-likeness (QED) is 0.0956. The number of nitrogen functional groups attached to an aromatic ring is 1. The summed E-state index contributed by atoms with van der Waals surface area (Å²) in [4.78, 5) is 50.1. The van der Waals surface area contributed by atoms with Gasteiger partial charge in [-0.05, 0) is 13.0 Å². The normalized spacial score (nSPS) is 33.7. The number of rotatable bonds is 12. The standard InChI is InChI=1S/C21H33N4O17P/c1-2-38-20(35)24-12-8(27)5-21(18(32)33,41-16(12)13(29)9(28)6-26)42-43(36,37)39-7-10-14(30)15(31)17(40-10)25-4-3-11(22)23-19(25)34/h3-4,8-10,12-17,26-31H,2,5-7H2,1H3,(H,24,35)(H,32,33)(H,36,37)(H2,22,23,34)/t8-,9+,10+,12+,13+,14+,15+,16+,17+,21+/m0/s1. The van der Waals surface area contributed by atoms with E-state index in [1.165, 1.54) is 13.0 Å². The molecule has 2 saturated heterocycles. The van der Waals surface area contributed by atoms with Crippen molar-refractivity contribution in [1.29, 1.82) is 0 Å². The van der Waals surface area contributed by atoms with E-state index in [1.807, 2.05) is 0 Å². The van der Waals surface area contributed by atoms with E-state index >= 15 is 0 Å². The summed E-state index contributed by atoms with van der Waals surface area (Å²) in [5, 5.41) is 73.0. The minimum atomic E-state index is -5.55. The number of amides is 1. The molecule has 3 rings (SSSR count). The molecular formula is C21H33N4O17P. The summed E-state index contributed by atoms with van der Waals surface area (Å²) in [5.74, 6) is -5.51. The topological polar surface area (TPSA) is 332 Å². The molecule has 43 heavy (non-hydrogen) atoms. The number of phosphoric acid groups is 1. The van der Waals surface area contributed by atoms with Crippen LogP contribution in [-0.2, 0) is 32.6 Å². The number of hydrogen-bond acceptors (Lipinski definition) is 17. The second-order valence-electron chi connectivity index (χ2n) is 9.49. The van der Waals surface area contributed by atoms with Crippen molar-refractivity contribution in [2.75, 3.05) is 25.6 Å². The molecule has 11 N–H and O–H groups in total. The van der Waals surface area contributed by atoms with Crippen LogP contribution in [0.3, 0.4) is 0 Å². The van der Waals surface area contributed by atoms with Crippen LogP contribution in [0.4, 0.5) is 10.6 Å². The smallest absolute Gasteiger partial charge is 0.475 e. The third-order valence-electron chi connectivity index (χ3n) is 6.50. The van der Waals surface area contributed by atoms with Gasteiger partial charge >= 0.3 is 25.6 Å². The number of aliphatic hydroxyl groups excluding tert-OH is 6. The Balaban J connectivity index is 1.79. The van der Waals surface area contributed by atoms with Crippen molar-refractivity contribution in [3.8, 4) is 0 Å². The summed E-state index contributed by atoms with van der Waals surface area (Å²) in [7, 11) is -5.55. The minimum absolute atomic E-state index is 0.125. The Hall–Kier alpha value is -2.79. The van der Waals surface area contributed by atoms with E-state index in [0.717, 1.165) is 10.8 Å². The predicted molar refractivity (Wildman–Crippen MR) is 135 cm³/mol. The Bertz CT molecular complexity index is 1250. The second kappa shape index (κ2) is 13.9. The van der Waals surface area contributed by atoms with Crippen molar-refractivity contribution in [3.05, 3.63) is 22.7 Å². The van der Waals surface area contributed by atoms with Gasteiger partial charge in [0.1, 0.15) is 42.4 Å². The summed E-state index contributed by atoms with van der Waals surface area (Å²) >= 11 is 0. The first-order valence-electron chi connectivity index (χ1n) is 12.6. The van der Waals surface area contributed by atoms with Gasteiger partial charge in [0, 0.05) is 12.6 Å². The lowest BCUT2D eigenvalue weighted by molar-refractivity contribution is -0.288. The Morgan fingerprint density at radius 1 is 1.30 bits per heavy atom. The first-order valence-corrected chi connectivity index (χ1v) is 14.1. The number of aliphatic carboxylic acids is 1. The molecule has 0 aliphatic carbocycles. The highest BCUT2D eigenvalue weighted by Gasteiger charge is 2.59. The number of nitrogens with one attached hydrogen (secondary N) is 1. The lowest BCUT2D eigenvalue weighted by Gasteiger charge is -2.46. The monoisotopic (exact) mass is 644 g/mol. The predicted octanol–water partition coefficient (Wildman–Crippen LogP) is -4.66. The molecule has 2 fully saturated rings. The molecule has 0 saturated carbocycles. The Kier molecular flexibility index (Phi) is 11.2. The molecule has 3 heterocycles. The highest BCUT2D eigenvalue weighted by atomic mass is 31.2. The molecule has 0 bridgehead atoms. The summed E-state index contributed by atoms with van der Waals surface area (Å²) in [6, 6.07) is -0.485. The van der Waals surface area contributed by atoms with Crippen LogP contribution >= 0.6 is 7.82 Å². The molecule has 0 radical (unpaired) electrons. The van der Waals surface area contributed by atoms with Gasteiger partial charge in [0.05, 0.1) is 32.0 Å². The Labute approximate surface area is 241 Å². The van der Waals surface area contributed by atoms with Crippen LogP contribution in [0.1, 0.15) is 19.6 Å². The zero-order valence-corrected chi connectivity index (χ0v) is 23.2. The number of carbonyl (C=O) groups excluding carboxylic acids is 1. The maximum atomic E-state index is 12.9. The number of aromatic nitrogens is 2. The third-order valence-corrected chi connectivity index (χ3v) is 7.51. The highest BCUT2D eigenvalue weighted by molar-refractivity contribution is 7.47. The van der Waals surface area contributed by atoms with E-state index in [9.17, 15) is 59.6 Å². The van der Waals surface area contributed by atoms with Crippen LogP contribution in [0.15, 0.2) is 17.1 Å². The zero-order chi connectivity index (χ0) is 32.3. The van der Waals surface area contributed by atoms with Gasteiger partial charge in [0.15, 0.2) is 6.23 Å². The van der Waals surface area contributed by atoms with E-state index in [1.54, 1.807) is 0 Å². The van der Waals surface area contributed by atoms with Gasteiger partial charge in [0.2, 0.25) is 0 Å². The van der Waals surface area contributed by atoms with Crippen molar-refractivity contribution in [2.45, 2.75) is 74.1 Å². The van der Waals surface area contributed by atoms with Gasteiger partial charge in [-0.15, -0.1) is 0 Å². The number of carbonyl (C=O) groups is 2. The summed E-state index contributed by atoms with van der Waals surface area (Å²) < 4.78 is 38.5. The van der Waals surface area contributed by atoms with E-state index in [4.69, 9.17) is 29.0 Å². The maximum absolute atomic E-state index is 12.9. The molecule has 1 unspecified atom stereocenters. The fraction of sp³-hybridized carbons (Fsp3) is 0.714. The van der Waals surface area contributed by atoms with Crippen molar-refractivity contribution >= 4 is 25.7 Å². The molecule has 22 heteroatoms. The molecule has 244 valence electrons. The van der Waals surface area contributed by atoms with Gasteiger partial charge in [0.25, 0.3) is 5.79 Å². The first kappa shape index (κ1) is 34.7. The number of carboxylic acids is 1. The van der Waals surface area contributed by atoms with Crippen LogP contribution in [0.25, 0.3) is 0 Å². The molecule has 1 aromatic rings. The molecular weight excluding hydrogens is 611 g/mol. The molecule has 0 spiro atoms. The molecule has 1 aromatic heterocycles. The summed E-state index contributed by atoms with van der Waals surface area (Å²) in [5.41, 5.74) is 4.46. The average Bonchev–Trinajstić information content (AvgIpc) is 3.20. The number of aliphatic hydroxyl groups is 6. The van der Waals surface area contributed by atoms with Gasteiger partial charge in [-0.25, -0.2) is 23.5 Å². The summed E-state index contributed by atoms with van der Waals surface area (Å²) in [6.07, 6.45) is -16.1. The number of anilines is 1. The van der Waals surface area contributed by atoms with E-state index in [-0.39, 0.29) is 12.4 Å². The molecule has 0 aromatic carbocycles. The van der Waals surface area contributed by atoms with Crippen LogP contribution < -0.4 is 16.7 Å². The molecule has 1 amide bonds. The average molecular weight is 644 g/mol. The van der Waals surface area contributed by atoms with Gasteiger partial charge in [-0.3, -0.25) is 9.09 Å². The largest absolute Gasteiger partial charge is 0.477 e. The van der Waals surface area contributed by atoms with Crippen molar-refractivity contribution in [1.82, 2.24) is 14.9 Å². The fourth-order valence-electron chi connectivity index (χ4n) is 4.39. The molecule has 2 aliphatic rings. The van der Waals surface area contributed by atoms with Crippen LogP contribution in [0.2, 0.25) is 0 Å². The lowest BCUT2D eigenvalue weighted by Crippen LogP contribution is -2.67. The molecule has 11 atom stereocenters. The Morgan fingerprint density at radius 3 is 2.56 bits per heavy atom. The van der Waals surface area contributed by atoms with Crippen molar-refractivity contribution in [2.24, 2.45) is 0 Å². The first-order chi connectivity index (χ1) is 20.1. The number of carboxylic acid groups (broad SMARTS) is 1. The number of phosphoric ester groups is 1. The SMILES string of the molecule is CCOC(=O)N[C@H]1[C@H]([C@H](O)[C@H](O)CO)O[C@](OP(=O)(O)OC[C@H]2O[C@@H](n3ccc(N)nc3=O)[C@H](O)[C@@H]2O)(C(=O)O)C[C@@H]1O. The van der Waals surface area contributed by atoms with Gasteiger partial charge in [-0.1, -0.05) is 0 Å². The van der Waals surface area contributed by atoms with Crippen molar-refractivity contribution < 1.29 is 78.1 Å². The third kappa shape index (κ3) is 7.84. The number of ether oxygens (including phenoxy) is 3.